The number of hydrogen-bond acceptors (Lipinski definition) is 6. The molecule has 0 aliphatic rings. The fraction of sp³-hybridized carbons (Fsp3) is 0.176. The molecule has 24 heavy (non-hydrogen) atoms. The molecule has 0 atom stereocenters. The Morgan fingerprint density at radius 1 is 1.12 bits per heavy atom. The molecule has 122 valence electrons. The fourth-order valence-corrected chi connectivity index (χ4v) is 2.29. The van der Waals surface area contributed by atoms with Gasteiger partial charge in [0.25, 0.3) is 5.88 Å². The molecule has 0 amide bonds. The van der Waals surface area contributed by atoms with Gasteiger partial charge in [0.2, 0.25) is 5.69 Å². The van der Waals surface area contributed by atoms with Crippen molar-refractivity contribution >= 4 is 5.97 Å². The lowest BCUT2D eigenvalue weighted by molar-refractivity contribution is 0.0591. The van der Waals surface area contributed by atoms with Gasteiger partial charge in [0, 0.05) is 11.9 Å². The normalized spacial score (nSPS) is 10.5. The van der Waals surface area contributed by atoms with Crippen LogP contribution >= 0.6 is 0 Å². The molecule has 0 spiro atoms. The summed E-state index contributed by atoms with van der Waals surface area (Å²) < 4.78 is 10.3. The van der Waals surface area contributed by atoms with E-state index in [2.05, 4.69) is 25.1 Å². The minimum atomic E-state index is -0.613. The molecule has 0 saturated carbocycles. The van der Waals surface area contributed by atoms with Crippen molar-refractivity contribution in [2.75, 3.05) is 7.11 Å². The number of hydrogen-bond donors (Lipinski definition) is 1. The number of aryl methyl sites for hydroxylation is 1. The average molecular weight is 324 g/mol. The molecular weight excluding hydrogens is 308 g/mol. The second-order valence-electron chi connectivity index (χ2n) is 5.18. The summed E-state index contributed by atoms with van der Waals surface area (Å²) in [7, 11) is 1.27. The van der Waals surface area contributed by atoms with Crippen LogP contribution in [0.25, 0.3) is 11.1 Å². The van der Waals surface area contributed by atoms with Gasteiger partial charge in [-0.3, -0.25) is 4.98 Å². The number of nitrogens with one attached hydrogen (secondary N) is 1. The summed E-state index contributed by atoms with van der Waals surface area (Å²) in [5.41, 5.74) is 4.31. The molecule has 7 nitrogen and oxygen atoms in total. The number of nitrogens with zero attached hydrogens (tertiary/aromatic N) is 3. The Morgan fingerprint density at radius 2 is 1.88 bits per heavy atom. The minimum Gasteiger partial charge on any atom is -0.464 e. The highest BCUT2D eigenvalue weighted by Gasteiger charge is 2.18. The average Bonchev–Trinajstić information content (AvgIpc) is 3.06. The van der Waals surface area contributed by atoms with Crippen molar-refractivity contribution < 1.29 is 14.3 Å². The van der Waals surface area contributed by atoms with Crippen molar-refractivity contribution in [1.82, 2.24) is 20.4 Å². The van der Waals surface area contributed by atoms with E-state index in [0.717, 1.165) is 22.4 Å². The smallest absolute Gasteiger partial charge is 0.364 e. The number of benzene rings is 1. The molecule has 0 fully saturated rings. The largest absolute Gasteiger partial charge is 0.464 e. The first-order valence-corrected chi connectivity index (χ1v) is 7.30. The summed E-state index contributed by atoms with van der Waals surface area (Å²) in [4.78, 5) is 15.8. The van der Waals surface area contributed by atoms with E-state index < -0.39 is 5.97 Å². The van der Waals surface area contributed by atoms with Crippen molar-refractivity contribution in [3.8, 4) is 22.8 Å². The third-order valence-corrected chi connectivity index (χ3v) is 3.74. The van der Waals surface area contributed by atoms with Crippen LogP contribution in [-0.4, -0.2) is 33.5 Å². The van der Waals surface area contributed by atoms with Gasteiger partial charge in [0.15, 0.2) is 0 Å². The Bertz CT molecular complexity index is 872. The number of methoxy groups -OCH3 is 1. The zero-order valence-corrected chi connectivity index (χ0v) is 13.5. The molecule has 0 saturated heterocycles. The first-order valence-electron chi connectivity index (χ1n) is 7.30. The van der Waals surface area contributed by atoms with E-state index in [1.807, 2.05) is 44.2 Å². The highest BCUT2D eigenvalue weighted by molar-refractivity contribution is 5.89. The number of pyridine rings is 1. The number of carbonyl (C=O) groups is 1. The van der Waals surface area contributed by atoms with Gasteiger partial charge in [-0.05, 0) is 48.7 Å². The molecule has 0 bridgehead atoms. The number of esters is 1. The molecule has 0 aliphatic heterocycles. The number of ether oxygens (including phenoxy) is 2. The van der Waals surface area contributed by atoms with Crippen LogP contribution in [0.3, 0.4) is 0 Å². The molecule has 2 heterocycles. The molecule has 0 radical (unpaired) electrons. The summed E-state index contributed by atoms with van der Waals surface area (Å²) in [6.45, 7) is 4.02. The predicted molar refractivity (Wildman–Crippen MR) is 86.9 cm³/mol. The van der Waals surface area contributed by atoms with Gasteiger partial charge in [0.1, 0.15) is 5.75 Å². The van der Waals surface area contributed by atoms with Gasteiger partial charge in [-0.1, -0.05) is 17.3 Å². The van der Waals surface area contributed by atoms with Crippen LogP contribution in [0.1, 0.15) is 21.7 Å². The maximum Gasteiger partial charge on any atom is 0.364 e. The van der Waals surface area contributed by atoms with Crippen LogP contribution in [0.5, 0.6) is 11.6 Å². The lowest BCUT2D eigenvalue weighted by atomic mass is 10.0. The van der Waals surface area contributed by atoms with E-state index in [4.69, 9.17) is 4.74 Å². The van der Waals surface area contributed by atoms with Gasteiger partial charge in [-0.2, -0.15) is 0 Å². The molecule has 2 aromatic heterocycles. The molecule has 7 heteroatoms. The summed E-state index contributed by atoms with van der Waals surface area (Å²) >= 11 is 0. The quantitative estimate of drug-likeness (QED) is 0.742. The van der Waals surface area contributed by atoms with Gasteiger partial charge in [0.05, 0.1) is 7.11 Å². The van der Waals surface area contributed by atoms with Gasteiger partial charge < -0.3 is 9.47 Å². The first kappa shape index (κ1) is 15.7. The van der Waals surface area contributed by atoms with Gasteiger partial charge in [-0.15, -0.1) is 5.10 Å². The van der Waals surface area contributed by atoms with Crippen LogP contribution in [0, 0.1) is 13.8 Å². The van der Waals surface area contributed by atoms with Crippen molar-refractivity contribution in [1.29, 1.82) is 0 Å². The van der Waals surface area contributed by atoms with Crippen molar-refractivity contribution in [2.45, 2.75) is 13.8 Å². The number of aromatic amines is 1. The van der Waals surface area contributed by atoms with E-state index in [1.165, 1.54) is 7.11 Å². The summed E-state index contributed by atoms with van der Waals surface area (Å²) in [6.07, 6.45) is 1.79. The van der Waals surface area contributed by atoms with Crippen LogP contribution in [-0.2, 0) is 4.74 Å². The lowest BCUT2D eigenvalue weighted by Crippen LogP contribution is -2.03. The SMILES string of the molecule is COC(=O)c1nn[nH]c1Oc1ccc(-c2ccnc(C)c2C)cc1. The standard InChI is InChI=1S/C17H16N4O3/c1-10-11(2)18-9-8-14(10)12-4-6-13(7-5-12)24-16-15(17(22)23-3)19-21-20-16/h4-9H,1-3H3,(H,19,20,21). The van der Waals surface area contributed by atoms with Gasteiger partial charge >= 0.3 is 5.97 Å². The lowest BCUT2D eigenvalue weighted by Gasteiger charge is -2.09. The van der Waals surface area contributed by atoms with Crippen molar-refractivity contribution in [3.05, 3.63) is 53.5 Å². The van der Waals surface area contributed by atoms with Gasteiger partial charge in [-0.25, -0.2) is 9.89 Å². The molecule has 3 aromatic rings. The Kier molecular flexibility index (Phi) is 4.24. The van der Waals surface area contributed by atoms with E-state index in [-0.39, 0.29) is 11.6 Å². The first-order chi connectivity index (χ1) is 11.6. The Hall–Kier alpha value is -3.22. The highest BCUT2D eigenvalue weighted by Crippen LogP contribution is 2.28. The molecule has 0 unspecified atom stereocenters. The van der Waals surface area contributed by atoms with Crippen LogP contribution in [0.2, 0.25) is 0 Å². The minimum absolute atomic E-state index is 0.00202. The second-order valence-corrected chi connectivity index (χ2v) is 5.18. The summed E-state index contributed by atoms with van der Waals surface area (Å²) in [6, 6.07) is 9.49. The Morgan fingerprint density at radius 3 is 2.58 bits per heavy atom. The highest BCUT2D eigenvalue weighted by atomic mass is 16.5. The molecule has 1 N–H and O–H groups in total. The van der Waals surface area contributed by atoms with Crippen LogP contribution in [0.4, 0.5) is 0 Å². The maximum atomic E-state index is 11.6. The molecular formula is C17H16N4O3. The number of H-pyrrole nitrogens is 1. The van der Waals surface area contributed by atoms with Crippen molar-refractivity contribution in [3.63, 3.8) is 0 Å². The zero-order valence-electron chi connectivity index (χ0n) is 13.5. The predicted octanol–water partition coefficient (Wildman–Crippen LogP) is 3.06. The van der Waals surface area contributed by atoms with E-state index in [1.54, 1.807) is 6.20 Å². The number of rotatable bonds is 4. The molecule has 1 aromatic carbocycles. The monoisotopic (exact) mass is 324 g/mol. The third kappa shape index (κ3) is 2.96. The molecule has 3 rings (SSSR count). The number of carbonyl (C=O) groups excluding carboxylic acids is 1. The maximum absolute atomic E-state index is 11.6. The number of aromatic nitrogens is 4. The Labute approximate surface area is 138 Å². The van der Waals surface area contributed by atoms with Crippen LogP contribution < -0.4 is 4.74 Å². The summed E-state index contributed by atoms with van der Waals surface area (Å²) in [5.74, 6) is 0.0853. The Balaban J connectivity index is 1.84. The van der Waals surface area contributed by atoms with Crippen molar-refractivity contribution in [2.24, 2.45) is 0 Å². The van der Waals surface area contributed by atoms with Crippen LogP contribution in [0.15, 0.2) is 36.5 Å². The topological polar surface area (TPSA) is 90.0 Å². The van der Waals surface area contributed by atoms with E-state index in [0.29, 0.717) is 5.75 Å². The zero-order chi connectivity index (χ0) is 17.1. The van der Waals surface area contributed by atoms with E-state index in [9.17, 15) is 4.79 Å². The second kappa shape index (κ2) is 6.49. The van der Waals surface area contributed by atoms with E-state index >= 15 is 0 Å². The summed E-state index contributed by atoms with van der Waals surface area (Å²) in [5, 5.41) is 9.76. The molecule has 0 aliphatic carbocycles. The fourth-order valence-electron chi connectivity index (χ4n) is 2.29. The third-order valence-electron chi connectivity index (χ3n) is 3.74.